The zero-order chi connectivity index (χ0) is 29.6. The highest BCUT2D eigenvalue weighted by Crippen LogP contribution is 2.37. The van der Waals surface area contributed by atoms with Crippen LogP contribution in [0.2, 0.25) is 0 Å². The number of nitrogens with zero attached hydrogens (tertiary/aromatic N) is 6. The van der Waals surface area contributed by atoms with Gasteiger partial charge in [0.05, 0.1) is 0 Å². The van der Waals surface area contributed by atoms with Gasteiger partial charge in [-0.15, -0.1) is 0 Å². The van der Waals surface area contributed by atoms with E-state index in [1.54, 1.807) is 0 Å². The van der Waals surface area contributed by atoms with Gasteiger partial charge in [-0.3, -0.25) is 19.9 Å². The fourth-order valence-electron chi connectivity index (χ4n) is 5.33. The molecule has 0 N–H and O–H groups in total. The zero-order valence-corrected chi connectivity index (χ0v) is 23.8. The van der Waals surface area contributed by atoms with E-state index in [0.29, 0.717) is 0 Å². The maximum atomic E-state index is 4.19. The maximum Gasteiger partial charge on any atom is 0.0492 e. The summed E-state index contributed by atoms with van der Waals surface area (Å²) in [4.78, 5) is 21.2. The van der Waals surface area contributed by atoms with Gasteiger partial charge in [0, 0.05) is 83.7 Å². The number of benzene rings is 3. The summed E-state index contributed by atoms with van der Waals surface area (Å²) in [6.07, 6.45) is 14.5. The van der Waals surface area contributed by atoms with Gasteiger partial charge in [0.25, 0.3) is 0 Å². The first-order valence-corrected chi connectivity index (χ1v) is 14.3. The van der Waals surface area contributed by atoms with Crippen LogP contribution in [0, 0.1) is 0 Å². The van der Waals surface area contributed by atoms with Crippen LogP contribution in [0.15, 0.2) is 171 Å². The van der Waals surface area contributed by atoms with Crippen molar-refractivity contribution in [2.75, 3.05) is 9.80 Å². The lowest BCUT2D eigenvalue weighted by molar-refractivity contribution is 1.22. The summed E-state index contributed by atoms with van der Waals surface area (Å²) in [7, 11) is 0. The Kier molecular flexibility index (Phi) is 7.53. The van der Waals surface area contributed by atoms with Gasteiger partial charge in [-0.05, 0) is 95.1 Å². The molecule has 0 bridgehead atoms. The first-order valence-electron chi connectivity index (χ1n) is 14.3. The van der Waals surface area contributed by atoms with E-state index in [-0.39, 0.29) is 0 Å². The van der Waals surface area contributed by atoms with E-state index in [2.05, 4.69) is 103 Å². The predicted molar refractivity (Wildman–Crippen MR) is 178 cm³/mol. The van der Waals surface area contributed by atoms with Crippen molar-refractivity contribution in [3.63, 3.8) is 0 Å². The molecular formula is C38H28N6. The molecule has 44 heavy (non-hydrogen) atoms. The Morgan fingerprint density at radius 3 is 0.636 bits per heavy atom. The number of hydrogen-bond acceptors (Lipinski definition) is 6. The Labute approximate surface area is 256 Å². The Balaban J connectivity index is 1.12. The average molecular weight is 569 g/mol. The Morgan fingerprint density at radius 2 is 0.409 bits per heavy atom. The van der Waals surface area contributed by atoms with E-state index >= 15 is 0 Å². The predicted octanol–water partition coefficient (Wildman–Crippen LogP) is 9.54. The van der Waals surface area contributed by atoms with Crippen molar-refractivity contribution >= 4 is 34.1 Å². The quantitative estimate of drug-likeness (QED) is 0.182. The molecule has 3 aromatic carbocycles. The number of rotatable bonds is 8. The summed E-state index contributed by atoms with van der Waals surface area (Å²) in [5.74, 6) is 0. The fraction of sp³-hybridized carbons (Fsp3) is 0. The fourth-order valence-corrected chi connectivity index (χ4v) is 5.33. The smallest absolute Gasteiger partial charge is 0.0492 e. The van der Waals surface area contributed by atoms with Crippen molar-refractivity contribution in [2.24, 2.45) is 0 Å². The van der Waals surface area contributed by atoms with Crippen molar-refractivity contribution < 1.29 is 0 Å². The molecule has 6 nitrogen and oxygen atoms in total. The minimum Gasteiger partial charge on any atom is -0.310 e. The largest absolute Gasteiger partial charge is 0.310 e. The highest BCUT2D eigenvalue weighted by molar-refractivity contribution is 5.80. The standard InChI is InChI=1S/C38H28N6/c1-2-30(32-7-11-34(12-8-32)44(37-17-25-41-26-18-37)38-19-27-42-28-20-38)4-3-29(1)31-5-9-33(10-6-31)43(35-13-21-39-22-14-35)36-15-23-40-24-16-36/h1-28H. The number of pyridine rings is 4. The molecule has 0 unspecified atom stereocenters. The van der Waals surface area contributed by atoms with Gasteiger partial charge in [0.15, 0.2) is 0 Å². The number of hydrogen-bond donors (Lipinski definition) is 0. The van der Waals surface area contributed by atoms with Crippen LogP contribution in [-0.4, -0.2) is 19.9 Å². The van der Waals surface area contributed by atoms with Gasteiger partial charge >= 0.3 is 0 Å². The lowest BCUT2D eigenvalue weighted by atomic mass is 9.99. The van der Waals surface area contributed by atoms with Gasteiger partial charge < -0.3 is 9.80 Å². The van der Waals surface area contributed by atoms with Crippen LogP contribution >= 0.6 is 0 Å². The van der Waals surface area contributed by atoms with E-state index in [1.165, 1.54) is 0 Å². The van der Waals surface area contributed by atoms with Crippen molar-refractivity contribution in [1.29, 1.82) is 0 Å². The Bertz CT molecular complexity index is 1690. The Morgan fingerprint density at radius 1 is 0.227 bits per heavy atom. The molecule has 7 rings (SSSR count). The van der Waals surface area contributed by atoms with E-state index < -0.39 is 0 Å². The molecule has 0 saturated carbocycles. The monoisotopic (exact) mass is 568 g/mol. The summed E-state index contributed by atoms with van der Waals surface area (Å²) in [6, 6.07) is 42.1. The van der Waals surface area contributed by atoms with Crippen LogP contribution in [0.25, 0.3) is 22.3 Å². The first kappa shape index (κ1) is 26.7. The van der Waals surface area contributed by atoms with Crippen LogP contribution in [-0.2, 0) is 0 Å². The van der Waals surface area contributed by atoms with Crippen LogP contribution in [0.1, 0.15) is 0 Å². The topological polar surface area (TPSA) is 58.0 Å². The van der Waals surface area contributed by atoms with E-state index in [0.717, 1.165) is 56.4 Å². The third-order valence-corrected chi connectivity index (χ3v) is 7.49. The second kappa shape index (κ2) is 12.4. The van der Waals surface area contributed by atoms with Crippen LogP contribution < -0.4 is 9.80 Å². The van der Waals surface area contributed by atoms with E-state index in [1.807, 2.05) is 98.1 Å². The minimum absolute atomic E-state index is 1.04. The van der Waals surface area contributed by atoms with Gasteiger partial charge in [-0.2, -0.15) is 0 Å². The molecule has 0 aliphatic heterocycles. The molecular weight excluding hydrogens is 540 g/mol. The van der Waals surface area contributed by atoms with Gasteiger partial charge in [0.1, 0.15) is 0 Å². The molecule has 0 fully saturated rings. The van der Waals surface area contributed by atoms with Crippen LogP contribution in [0.3, 0.4) is 0 Å². The molecule has 4 heterocycles. The summed E-state index contributed by atoms with van der Waals surface area (Å²) in [5, 5.41) is 0. The van der Waals surface area contributed by atoms with Crippen molar-refractivity contribution in [3.05, 3.63) is 171 Å². The van der Waals surface area contributed by atoms with Crippen LogP contribution in [0.5, 0.6) is 0 Å². The third kappa shape index (κ3) is 5.65. The maximum absolute atomic E-state index is 4.19. The molecule has 0 spiro atoms. The van der Waals surface area contributed by atoms with Crippen LogP contribution in [0.4, 0.5) is 34.1 Å². The molecule has 7 aromatic rings. The minimum atomic E-state index is 1.04. The zero-order valence-electron chi connectivity index (χ0n) is 23.8. The van der Waals surface area contributed by atoms with Crippen molar-refractivity contribution in [1.82, 2.24) is 19.9 Å². The molecule has 0 aliphatic carbocycles. The Hall–Kier alpha value is -6.14. The summed E-state index contributed by atoms with van der Waals surface area (Å²) < 4.78 is 0. The molecule has 0 saturated heterocycles. The average Bonchev–Trinajstić information content (AvgIpc) is 3.11. The highest BCUT2D eigenvalue weighted by atomic mass is 15.1. The first-order chi connectivity index (χ1) is 21.8. The molecule has 210 valence electrons. The second-order valence-electron chi connectivity index (χ2n) is 10.2. The third-order valence-electron chi connectivity index (χ3n) is 7.49. The van der Waals surface area contributed by atoms with Gasteiger partial charge in [-0.25, -0.2) is 0 Å². The summed E-state index contributed by atoms with van der Waals surface area (Å²) >= 11 is 0. The lowest BCUT2D eigenvalue weighted by Crippen LogP contribution is -2.09. The van der Waals surface area contributed by atoms with Crippen molar-refractivity contribution in [3.8, 4) is 22.3 Å². The molecule has 0 radical (unpaired) electrons. The number of anilines is 6. The van der Waals surface area contributed by atoms with Crippen molar-refractivity contribution in [2.45, 2.75) is 0 Å². The summed E-state index contributed by atoms with van der Waals surface area (Å²) in [5.41, 5.74) is 10.9. The molecule has 6 heteroatoms. The lowest BCUT2D eigenvalue weighted by Gasteiger charge is -2.25. The molecule has 0 aliphatic rings. The normalized spacial score (nSPS) is 10.7. The molecule has 0 amide bonds. The number of aromatic nitrogens is 4. The van der Waals surface area contributed by atoms with E-state index in [9.17, 15) is 0 Å². The highest BCUT2D eigenvalue weighted by Gasteiger charge is 2.14. The van der Waals surface area contributed by atoms with Gasteiger partial charge in [0.2, 0.25) is 0 Å². The summed E-state index contributed by atoms with van der Waals surface area (Å²) in [6.45, 7) is 0. The second-order valence-corrected chi connectivity index (χ2v) is 10.2. The SMILES string of the molecule is c1cc(N(c2ccncc2)c2ccc(-c3ccc(-c4ccc(N(c5ccncc5)c5ccncc5)cc4)cc3)cc2)ccn1. The van der Waals surface area contributed by atoms with Gasteiger partial charge in [-0.1, -0.05) is 48.5 Å². The molecule has 0 atom stereocenters. The molecule has 4 aromatic heterocycles. The van der Waals surface area contributed by atoms with E-state index in [4.69, 9.17) is 0 Å².